The van der Waals surface area contributed by atoms with E-state index in [1.807, 2.05) is 0 Å². The van der Waals surface area contributed by atoms with Gasteiger partial charge in [-0.15, -0.1) is 5.10 Å². The first-order valence-electron chi connectivity index (χ1n) is 4.43. The van der Waals surface area contributed by atoms with Gasteiger partial charge in [0.2, 0.25) is 0 Å². The van der Waals surface area contributed by atoms with Crippen molar-refractivity contribution in [3.63, 3.8) is 0 Å². The van der Waals surface area contributed by atoms with Gasteiger partial charge in [0.1, 0.15) is 0 Å². The van der Waals surface area contributed by atoms with E-state index in [4.69, 9.17) is 9.84 Å². The summed E-state index contributed by atoms with van der Waals surface area (Å²) in [5.41, 5.74) is 0.218. The molecule has 1 amide bonds. The Balaban J connectivity index is 2.38. The van der Waals surface area contributed by atoms with Gasteiger partial charge >= 0.3 is 5.97 Å². The van der Waals surface area contributed by atoms with Crippen LogP contribution in [0, 0.1) is 0 Å². The standard InChI is InChI=1S/C8H11N3O4S/c1-15-5(2-7(12)13)3-9-8(14)6-4-16-11-10-6/h4-5H,2-3H2,1H3,(H,9,14)(H,12,13). The summed E-state index contributed by atoms with van der Waals surface area (Å²) < 4.78 is 8.44. The average Bonchev–Trinajstić information content (AvgIpc) is 2.76. The normalized spacial score (nSPS) is 12.1. The third-order valence-corrected chi connectivity index (χ3v) is 2.32. The Kier molecular flexibility index (Phi) is 4.80. The molecule has 1 unspecified atom stereocenters. The van der Waals surface area contributed by atoms with Gasteiger partial charge in [0.15, 0.2) is 5.69 Å². The van der Waals surface area contributed by atoms with Crippen LogP contribution in [0.15, 0.2) is 5.38 Å². The minimum atomic E-state index is -0.976. The minimum Gasteiger partial charge on any atom is -0.481 e. The highest BCUT2D eigenvalue weighted by Gasteiger charge is 2.15. The predicted molar refractivity (Wildman–Crippen MR) is 55.3 cm³/mol. The van der Waals surface area contributed by atoms with Crippen molar-refractivity contribution in [2.75, 3.05) is 13.7 Å². The predicted octanol–water partition coefficient (Wildman–Crippen LogP) is -0.242. The quantitative estimate of drug-likeness (QED) is 0.717. The van der Waals surface area contributed by atoms with Crippen LogP contribution in [-0.4, -0.2) is 46.3 Å². The molecule has 0 bridgehead atoms. The molecule has 0 aromatic carbocycles. The monoisotopic (exact) mass is 245 g/mol. The molecule has 0 aliphatic rings. The average molecular weight is 245 g/mol. The fourth-order valence-corrected chi connectivity index (χ4v) is 1.43. The third kappa shape index (κ3) is 3.91. The van der Waals surface area contributed by atoms with Crippen LogP contribution in [-0.2, 0) is 9.53 Å². The summed E-state index contributed by atoms with van der Waals surface area (Å²) in [5, 5.41) is 16.2. The van der Waals surface area contributed by atoms with Crippen LogP contribution in [0.25, 0.3) is 0 Å². The van der Waals surface area contributed by atoms with Gasteiger partial charge in [0.05, 0.1) is 12.5 Å². The Hall–Kier alpha value is -1.54. The van der Waals surface area contributed by atoms with E-state index in [0.29, 0.717) is 0 Å². The lowest BCUT2D eigenvalue weighted by Gasteiger charge is -2.12. The number of aliphatic carboxylic acids is 1. The molecule has 88 valence electrons. The first kappa shape index (κ1) is 12.5. The Bertz CT molecular complexity index is 354. The summed E-state index contributed by atoms with van der Waals surface area (Å²) in [6.45, 7) is 0.124. The largest absolute Gasteiger partial charge is 0.481 e. The van der Waals surface area contributed by atoms with Crippen LogP contribution in [0.2, 0.25) is 0 Å². The number of nitrogens with one attached hydrogen (secondary N) is 1. The van der Waals surface area contributed by atoms with Gasteiger partial charge in [-0.2, -0.15) is 0 Å². The number of methoxy groups -OCH3 is 1. The smallest absolute Gasteiger partial charge is 0.306 e. The molecule has 1 rings (SSSR count). The molecule has 1 aromatic rings. The number of rotatable bonds is 6. The lowest BCUT2D eigenvalue weighted by Crippen LogP contribution is -2.34. The molecule has 0 radical (unpaired) electrons. The highest BCUT2D eigenvalue weighted by molar-refractivity contribution is 7.03. The summed E-state index contributed by atoms with van der Waals surface area (Å²) in [5.74, 6) is -1.36. The van der Waals surface area contributed by atoms with Gasteiger partial charge in [-0.3, -0.25) is 9.59 Å². The van der Waals surface area contributed by atoms with Crippen molar-refractivity contribution < 1.29 is 19.4 Å². The van der Waals surface area contributed by atoms with Gasteiger partial charge in [0, 0.05) is 19.0 Å². The molecule has 0 saturated carbocycles. The van der Waals surface area contributed by atoms with Crippen molar-refractivity contribution in [1.82, 2.24) is 14.9 Å². The molecule has 0 spiro atoms. The Morgan fingerprint density at radius 1 is 1.69 bits per heavy atom. The van der Waals surface area contributed by atoms with Crippen LogP contribution >= 0.6 is 11.5 Å². The van der Waals surface area contributed by atoms with Crippen molar-refractivity contribution >= 4 is 23.4 Å². The first-order valence-corrected chi connectivity index (χ1v) is 5.27. The van der Waals surface area contributed by atoms with Crippen molar-refractivity contribution in [3.05, 3.63) is 11.1 Å². The van der Waals surface area contributed by atoms with E-state index in [1.165, 1.54) is 12.5 Å². The zero-order valence-electron chi connectivity index (χ0n) is 8.54. The number of carboxylic acid groups (broad SMARTS) is 1. The fourth-order valence-electron chi connectivity index (χ4n) is 0.994. The molecule has 1 atom stereocenters. The van der Waals surface area contributed by atoms with E-state index in [9.17, 15) is 9.59 Å². The van der Waals surface area contributed by atoms with Gasteiger partial charge in [0.25, 0.3) is 5.91 Å². The molecule has 0 aliphatic carbocycles. The summed E-state index contributed by atoms with van der Waals surface area (Å²) >= 11 is 1.07. The van der Waals surface area contributed by atoms with E-state index in [2.05, 4.69) is 14.9 Å². The van der Waals surface area contributed by atoms with Gasteiger partial charge in [-0.05, 0) is 11.5 Å². The molecule has 2 N–H and O–H groups in total. The number of hydrogen-bond acceptors (Lipinski definition) is 6. The topological polar surface area (TPSA) is 101 Å². The number of nitrogens with zero attached hydrogens (tertiary/aromatic N) is 2. The number of carbonyl (C=O) groups excluding carboxylic acids is 1. The van der Waals surface area contributed by atoms with Crippen molar-refractivity contribution in [3.8, 4) is 0 Å². The zero-order valence-corrected chi connectivity index (χ0v) is 9.36. The second-order valence-corrected chi connectivity index (χ2v) is 3.57. The molecular formula is C8H11N3O4S. The molecule has 8 heteroatoms. The summed E-state index contributed by atoms with van der Waals surface area (Å²) in [6.07, 6.45) is -0.709. The van der Waals surface area contributed by atoms with E-state index in [-0.39, 0.29) is 24.6 Å². The number of ether oxygens (including phenoxy) is 1. The van der Waals surface area contributed by atoms with Crippen molar-refractivity contribution in [2.45, 2.75) is 12.5 Å². The van der Waals surface area contributed by atoms with Gasteiger partial charge in [-0.25, -0.2) is 0 Å². The molecule has 1 heterocycles. The Morgan fingerprint density at radius 3 is 2.94 bits per heavy atom. The number of amides is 1. The molecule has 0 aliphatic heterocycles. The highest BCUT2D eigenvalue weighted by atomic mass is 32.1. The van der Waals surface area contributed by atoms with Crippen molar-refractivity contribution in [2.24, 2.45) is 0 Å². The Labute approximate surface area is 95.6 Å². The lowest BCUT2D eigenvalue weighted by atomic mass is 10.2. The molecule has 0 fully saturated rings. The Morgan fingerprint density at radius 2 is 2.44 bits per heavy atom. The second kappa shape index (κ2) is 6.13. The first-order chi connectivity index (χ1) is 7.63. The summed E-state index contributed by atoms with van der Waals surface area (Å²) in [6, 6.07) is 0. The van der Waals surface area contributed by atoms with Crippen LogP contribution < -0.4 is 5.32 Å². The third-order valence-electron chi connectivity index (χ3n) is 1.82. The maximum atomic E-state index is 11.4. The molecule has 7 nitrogen and oxygen atoms in total. The lowest BCUT2D eigenvalue weighted by molar-refractivity contribution is -0.139. The SMILES string of the molecule is COC(CNC(=O)c1csnn1)CC(=O)O. The highest BCUT2D eigenvalue weighted by Crippen LogP contribution is 1.99. The van der Waals surface area contributed by atoms with E-state index >= 15 is 0 Å². The summed E-state index contributed by atoms with van der Waals surface area (Å²) in [7, 11) is 1.39. The maximum Gasteiger partial charge on any atom is 0.306 e. The summed E-state index contributed by atoms with van der Waals surface area (Å²) in [4.78, 5) is 21.8. The number of carbonyl (C=O) groups is 2. The zero-order chi connectivity index (χ0) is 12.0. The van der Waals surface area contributed by atoms with E-state index in [1.54, 1.807) is 0 Å². The minimum absolute atomic E-state index is 0.124. The van der Waals surface area contributed by atoms with E-state index in [0.717, 1.165) is 11.5 Å². The molecule has 1 aromatic heterocycles. The molecule has 16 heavy (non-hydrogen) atoms. The van der Waals surface area contributed by atoms with Crippen LogP contribution in [0.3, 0.4) is 0 Å². The maximum absolute atomic E-state index is 11.4. The van der Waals surface area contributed by atoms with Crippen molar-refractivity contribution in [1.29, 1.82) is 0 Å². The molecular weight excluding hydrogens is 234 g/mol. The second-order valence-electron chi connectivity index (χ2n) is 2.96. The van der Waals surface area contributed by atoms with Crippen LogP contribution in [0.4, 0.5) is 0 Å². The van der Waals surface area contributed by atoms with Gasteiger partial charge < -0.3 is 15.2 Å². The number of hydrogen-bond donors (Lipinski definition) is 2. The van der Waals surface area contributed by atoms with Crippen LogP contribution in [0.1, 0.15) is 16.9 Å². The number of aromatic nitrogens is 2. The van der Waals surface area contributed by atoms with E-state index < -0.39 is 12.1 Å². The molecule has 0 saturated heterocycles. The van der Waals surface area contributed by atoms with Gasteiger partial charge in [-0.1, -0.05) is 4.49 Å². The van der Waals surface area contributed by atoms with Crippen LogP contribution in [0.5, 0.6) is 0 Å². The fraction of sp³-hybridized carbons (Fsp3) is 0.500. The number of carboxylic acids is 1.